The normalized spacial score (nSPS) is 20.6. The van der Waals surface area contributed by atoms with Crippen LogP contribution in [-0.4, -0.2) is 12.6 Å². The molecular formula is C15H23ClN2. The molecule has 1 fully saturated rings. The van der Waals surface area contributed by atoms with Gasteiger partial charge in [-0.2, -0.15) is 0 Å². The molecule has 0 bridgehead atoms. The van der Waals surface area contributed by atoms with Gasteiger partial charge in [0.2, 0.25) is 0 Å². The minimum Gasteiger partial charge on any atom is -0.329 e. The molecule has 4 N–H and O–H groups in total. The lowest BCUT2D eigenvalue weighted by Gasteiger charge is -2.39. The molecule has 2 rings (SSSR count). The predicted molar refractivity (Wildman–Crippen MR) is 77.9 cm³/mol. The van der Waals surface area contributed by atoms with Gasteiger partial charge in [-0.15, -0.1) is 0 Å². The highest BCUT2D eigenvalue weighted by Crippen LogP contribution is 2.42. The van der Waals surface area contributed by atoms with Crippen molar-refractivity contribution in [3.63, 3.8) is 0 Å². The number of rotatable bonds is 4. The second-order valence-corrected chi connectivity index (χ2v) is 5.98. The molecule has 0 spiro atoms. The van der Waals surface area contributed by atoms with E-state index in [1.54, 1.807) is 0 Å². The molecule has 0 aromatic heterocycles. The standard InChI is InChI=1S/C15H23ClN2/c16-13-6-4-12(5-7-13)15(10-14(18)11-17)8-2-1-3-9-15/h4-7,14H,1-3,8-11,17-18H2. The SMILES string of the molecule is NCC(N)CC1(c2ccc(Cl)cc2)CCCCC1. The molecule has 1 saturated carbocycles. The van der Waals surface area contributed by atoms with Gasteiger partial charge in [0.25, 0.3) is 0 Å². The summed E-state index contributed by atoms with van der Waals surface area (Å²) >= 11 is 5.98. The molecule has 1 aliphatic rings. The van der Waals surface area contributed by atoms with Gasteiger partial charge in [0, 0.05) is 17.6 Å². The zero-order chi connectivity index (χ0) is 13.0. The third-order valence-electron chi connectivity index (χ3n) is 4.22. The topological polar surface area (TPSA) is 52.0 Å². The highest BCUT2D eigenvalue weighted by Gasteiger charge is 2.34. The molecule has 0 heterocycles. The van der Waals surface area contributed by atoms with E-state index in [0.717, 1.165) is 11.4 Å². The summed E-state index contributed by atoms with van der Waals surface area (Å²) in [7, 11) is 0. The Kier molecular flexibility index (Phi) is 4.66. The fourth-order valence-corrected chi connectivity index (χ4v) is 3.35. The van der Waals surface area contributed by atoms with Crippen molar-refractivity contribution in [2.45, 2.75) is 50.0 Å². The summed E-state index contributed by atoms with van der Waals surface area (Å²) in [5.74, 6) is 0. The fraction of sp³-hybridized carbons (Fsp3) is 0.600. The lowest BCUT2D eigenvalue weighted by Crippen LogP contribution is -2.40. The van der Waals surface area contributed by atoms with Gasteiger partial charge >= 0.3 is 0 Å². The number of nitrogens with two attached hydrogens (primary N) is 2. The summed E-state index contributed by atoms with van der Waals surface area (Å²) in [6.45, 7) is 0.565. The quantitative estimate of drug-likeness (QED) is 0.879. The van der Waals surface area contributed by atoms with E-state index < -0.39 is 0 Å². The Bertz CT molecular complexity index is 369. The molecule has 1 aliphatic carbocycles. The molecule has 2 nitrogen and oxygen atoms in total. The number of hydrogen-bond acceptors (Lipinski definition) is 2. The van der Waals surface area contributed by atoms with Crippen LogP contribution in [0.3, 0.4) is 0 Å². The van der Waals surface area contributed by atoms with Crippen molar-refractivity contribution in [3.05, 3.63) is 34.9 Å². The van der Waals surface area contributed by atoms with Gasteiger partial charge in [-0.3, -0.25) is 0 Å². The fourth-order valence-electron chi connectivity index (χ4n) is 3.23. The number of benzene rings is 1. The highest BCUT2D eigenvalue weighted by atomic mass is 35.5. The van der Waals surface area contributed by atoms with Gasteiger partial charge in [-0.05, 0) is 42.4 Å². The zero-order valence-corrected chi connectivity index (χ0v) is 11.6. The molecule has 0 radical (unpaired) electrons. The van der Waals surface area contributed by atoms with E-state index in [-0.39, 0.29) is 11.5 Å². The molecule has 1 aromatic rings. The lowest BCUT2D eigenvalue weighted by atomic mass is 9.66. The van der Waals surface area contributed by atoms with E-state index in [4.69, 9.17) is 23.1 Å². The van der Waals surface area contributed by atoms with Crippen LogP contribution in [-0.2, 0) is 5.41 Å². The van der Waals surface area contributed by atoms with Crippen LogP contribution in [0.25, 0.3) is 0 Å². The Morgan fingerprint density at radius 2 is 1.72 bits per heavy atom. The van der Waals surface area contributed by atoms with Crippen LogP contribution in [0, 0.1) is 0 Å². The summed E-state index contributed by atoms with van der Waals surface area (Å²) in [5.41, 5.74) is 13.4. The van der Waals surface area contributed by atoms with E-state index in [9.17, 15) is 0 Å². The summed E-state index contributed by atoms with van der Waals surface area (Å²) in [6, 6.07) is 8.40. The third kappa shape index (κ3) is 3.05. The second kappa shape index (κ2) is 6.05. The maximum Gasteiger partial charge on any atom is 0.0406 e. The lowest BCUT2D eigenvalue weighted by molar-refractivity contribution is 0.257. The average Bonchev–Trinajstić information content (AvgIpc) is 2.40. The van der Waals surface area contributed by atoms with E-state index in [1.165, 1.54) is 37.7 Å². The van der Waals surface area contributed by atoms with Crippen molar-refractivity contribution >= 4 is 11.6 Å². The summed E-state index contributed by atoms with van der Waals surface area (Å²) in [4.78, 5) is 0. The van der Waals surface area contributed by atoms with Crippen molar-refractivity contribution in [1.29, 1.82) is 0 Å². The van der Waals surface area contributed by atoms with E-state index in [0.29, 0.717) is 6.54 Å². The van der Waals surface area contributed by atoms with E-state index in [1.807, 2.05) is 12.1 Å². The van der Waals surface area contributed by atoms with Gasteiger partial charge in [-0.1, -0.05) is 43.0 Å². The first-order valence-electron chi connectivity index (χ1n) is 6.88. The van der Waals surface area contributed by atoms with Crippen LogP contribution in [0.15, 0.2) is 24.3 Å². The van der Waals surface area contributed by atoms with Crippen molar-refractivity contribution in [3.8, 4) is 0 Å². The smallest absolute Gasteiger partial charge is 0.0406 e. The van der Waals surface area contributed by atoms with Gasteiger partial charge < -0.3 is 11.5 Å². The molecule has 0 aliphatic heterocycles. The Labute approximate surface area is 115 Å². The van der Waals surface area contributed by atoms with Crippen LogP contribution in [0.1, 0.15) is 44.1 Å². The average molecular weight is 267 g/mol. The van der Waals surface area contributed by atoms with Crippen LogP contribution in [0.2, 0.25) is 5.02 Å². The Hall–Kier alpha value is -0.570. The van der Waals surface area contributed by atoms with Crippen molar-refractivity contribution in [2.24, 2.45) is 11.5 Å². The Balaban J connectivity index is 2.25. The maximum atomic E-state index is 6.11. The molecule has 1 unspecified atom stereocenters. The number of hydrogen-bond donors (Lipinski definition) is 2. The monoisotopic (exact) mass is 266 g/mol. The van der Waals surface area contributed by atoms with Crippen molar-refractivity contribution in [2.75, 3.05) is 6.54 Å². The third-order valence-corrected chi connectivity index (χ3v) is 4.47. The van der Waals surface area contributed by atoms with Crippen LogP contribution in [0.4, 0.5) is 0 Å². The molecule has 1 atom stereocenters. The summed E-state index contributed by atoms with van der Waals surface area (Å²) in [6.07, 6.45) is 7.36. The summed E-state index contributed by atoms with van der Waals surface area (Å²) < 4.78 is 0. The zero-order valence-electron chi connectivity index (χ0n) is 10.9. The van der Waals surface area contributed by atoms with Gasteiger partial charge in [-0.25, -0.2) is 0 Å². The molecule has 100 valence electrons. The van der Waals surface area contributed by atoms with E-state index >= 15 is 0 Å². The minimum absolute atomic E-state index is 0.0961. The predicted octanol–water partition coefficient (Wildman–Crippen LogP) is 3.22. The minimum atomic E-state index is 0.0961. The first-order valence-corrected chi connectivity index (χ1v) is 7.26. The Morgan fingerprint density at radius 1 is 1.11 bits per heavy atom. The van der Waals surface area contributed by atoms with Crippen molar-refractivity contribution in [1.82, 2.24) is 0 Å². The maximum absolute atomic E-state index is 6.11. The molecule has 0 saturated heterocycles. The molecule has 18 heavy (non-hydrogen) atoms. The number of halogens is 1. The van der Waals surface area contributed by atoms with Crippen LogP contribution in [0.5, 0.6) is 0 Å². The van der Waals surface area contributed by atoms with Crippen LogP contribution >= 0.6 is 11.6 Å². The van der Waals surface area contributed by atoms with Gasteiger partial charge in [0.15, 0.2) is 0 Å². The second-order valence-electron chi connectivity index (χ2n) is 5.55. The van der Waals surface area contributed by atoms with Crippen molar-refractivity contribution < 1.29 is 0 Å². The highest BCUT2D eigenvalue weighted by molar-refractivity contribution is 6.30. The van der Waals surface area contributed by atoms with Gasteiger partial charge in [0.1, 0.15) is 0 Å². The van der Waals surface area contributed by atoms with Crippen LogP contribution < -0.4 is 11.5 Å². The van der Waals surface area contributed by atoms with E-state index in [2.05, 4.69) is 12.1 Å². The molecule has 1 aromatic carbocycles. The van der Waals surface area contributed by atoms with Gasteiger partial charge in [0.05, 0.1) is 0 Å². The molecule has 3 heteroatoms. The summed E-state index contributed by atoms with van der Waals surface area (Å²) in [5, 5.41) is 0.799. The Morgan fingerprint density at radius 3 is 2.28 bits per heavy atom. The first kappa shape index (κ1) is 13.9. The first-order chi connectivity index (χ1) is 8.66. The molecular weight excluding hydrogens is 244 g/mol. The molecule has 0 amide bonds. The largest absolute Gasteiger partial charge is 0.329 e.